The topological polar surface area (TPSA) is 26.3 Å². The molecule has 0 N–H and O–H groups in total. The first-order valence-electron chi connectivity index (χ1n) is 10.8. The Morgan fingerprint density at radius 2 is 1.81 bits per heavy atom. The number of fused-ring (bicyclic) bond motifs is 3. The summed E-state index contributed by atoms with van der Waals surface area (Å²) in [7, 11) is 1.56. The maximum atomic E-state index is 12.8. The molecule has 2 nitrogen and oxygen atoms in total. The van der Waals surface area contributed by atoms with Crippen LogP contribution < -0.4 is 0 Å². The third kappa shape index (κ3) is 2.62. The predicted octanol–water partition coefficient (Wildman–Crippen LogP) is 6.63. The van der Waals surface area contributed by atoms with Gasteiger partial charge in [0.15, 0.2) is 0 Å². The van der Waals surface area contributed by atoms with E-state index in [0.29, 0.717) is 17.3 Å². The Morgan fingerprint density at radius 3 is 2.48 bits per heavy atom. The quantitative estimate of drug-likeness (QED) is 0.371. The first-order valence-corrected chi connectivity index (χ1v) is 11.2. The minimum atomic E-state index is -0.311. The molecule has 0 amide bonds. The number of hydrogen-bond donors (Lipinski definition) is 0. The molecule has 150 valence electrons. The summed E-state index contributed by atoms with van der Waals surface area (Å²) in [5.74, 6) is 1.17. The van der Waals surface area contributed by atoms with E-state index in [2.05, 4.69) is 26.5 Å². The van der Waals surface area contributed by atoms with Crippen LogP contribution in [0, 0.1) is 33.5 Å². The van der Waals surface area contributed by atoms with Gasteiger partial charge in [0.05, 0.1) is 17.6 Å². The highest BCUT2D eigenvalue weighted by molar-refractivity contribution is 6.29. The van der Waals surface area contributed by atoms with Crippen molar-refractivity contribution in [2.45, 2.75) is 85.5 Å². The van der Waals surface area contributed by atoms with E-state index >= 15 is 0 Å². The Labute approximate surface area is 169 Å². The molecule has 4 aliphatic carbocycles. The molecule has 27 heavy (non-hydrogen) atoms. The number of carbonyl (C=O) groups excluding carboxylic acids is 1. The van der Waals surface area contributed by atoms with Crippen molar-refractivity contribution in [1.29, 1.82) is 0 Å². The summed E-state index contributed by atoms with van der Waals surface area (Å²) in [5, 5.41) is 0.794. The first-order chi connectivity index (χ1) is 12.6. The van der Waals surface area contributed by atoms with Crippen LogP contribution in [-0.2, 0) is 9.53 Å². The molecule has 0 heterocycles. The number of allylic oxidation sites excluding steroid dienone is 1. The van der Waals surface area contributed by atoms with E-state index in [9.17, 15) is 4.79 Å². The zero-order valence-corrected chi connectivity index (χ0v) is 18.5. The Bertz CT molecular complexity index is 731. The van der Waals surface area contributed by atoms with Crippen molar-refractivity contribution in [2.24, 2.45) is 33.5 Å². The minimum absolute atomic E-state index is 0.0164. The SMILES string of the molecule is COC(=O)[C@]1(C)CCC[C@@]2(C)[C@@H]3CC[C@@]4(C)C[C@]3(CC[C@@H]21)CC4=C=C(C)Cl. The normalized spacial score (nSPS) is 48.3. The van der Waals surface area contributed by atoms with Crippen molar-refractivity contribution in [3.8, 4) is 0 Å². The highest BCUT2D eigenvalue weighted by Crippen LogP contribution is 2.74. The first kappa shape index (κ1) is 19.6. The summed E-state index contributed by atoms with van der Waals surface area (Å²) in [6.45, 7) is 9.09. The van der Waals surface area contributed by atoms with E-state index in [-0.39, 0.29) is 22.2 Å². The average Bonchev–Trinajstić information content (AvgIpc) is 2.78. The van der Waals surface area contributed by atoms with Gasteiger partial charge in [-0.2, -0.15) is 0 Å². The van der Waals surface area contributed by atoms with Gasteiger partial charge in [0.1, 0.15) is 0 Å². The number of halogens is 1. The molecule has 0 aromatic heterocycles. The summed E-state index contributed by atoms with van der Waals surface area (Å²) < 4.78 is 5.29. The van der Waals surface area contributed by atoms with Crippen LogP contribution in [0.25, 0.3) is 0 Å². The summed E-state index contributed by atoms with van der Waals surface area (Å²) in [6, 6.07) is 0. The van der Waals surface area contributed by atoms with Crippen LogP contribution in [0.1, 0.15) is 85.5 Å². The molecule has 4 saturated carbocycles. The molecule has 4 rings (SSSR count). The average molecular weight is 391 g/mol. The molecule has 0 aliphatic heterocycles. The summed E-state index contributed by atoms with van der Waals surface area (Å²) in [4.78, 5) is 12.8. The highest BCUT2D eigenvalue weighted by Gasteiger charge is 2.67. The Hall–Kier alpha value is -0.720. The molecular weight excluding hydrogens is 356 g/mol. The molecule has 2 bridgehead atoms. The van der Waals surface area contributed by atoms with Gasteiger partial charge in [-0.15, -0.1) is 5.73 Å². The van der Waals surface area contributed by atoms with Gasteiger partial charge in [-0.1, -0.05) is 31.9 Å². The molecule has 0 radical (unpaired) electrons. The molecule has 0 saturated heterocycles. The maximum Gasteiger partial charge on any atom is 0.311 e. The van der Waals surface area contributed by atoms with Gasteiger partial charge in [0.2, 0.25) is 0 Å². The number of carbonyl (C=O) groups is 1. The Kier molecular flexibility index (Phi) is 4.45. The number of methoxy groups -OCH3 is 1. The third-order valence-corrected chi connectivity index (χ3v) is 9.50. The van der Waals surface area contributed by atoms with Crippen LogP contribution in [0.15, 0.2) is 16.3 Å². The molecule has 6 atom stereocenters. The van der Waals surface area contributed by atoms with E-state index in [1.807, 2.05) is 6.92 Å². The van der Waals surface area contributed by atoms with Crippen molar-refractivity contribution in [2.75, 3.05) is 7.11 Å². The number of hydrogen-bond acceptors (Lipinski definition) is 2. The molecule has 3 heteroatoms. The lowest BCUT2D eigenvalue weighted by Crippen LogP contribution is -2.58. The minimum Gasteiger partial charge on any atom is -0.469 e. The molecule has 0 aromatic rings. The second kappa shape index (κ2) is 6.14. The van der Waals surface area contributed by atoms with Gasteiger partial charge in [-0.3, -0.25) is 4.79 Å². The van der Waals surface area contributed by atoms with Crippen molar-refractivity contribution in [3.63, 3.8) is 0 Å². The van der Waals surface area contributed by atoms with Crippen LogP contribution in [0.4, 0.5) is 0 Å². The van der Waals surface area contributed by atoms with Gasteiger partial charge >= 0.3 is 5.97 Å². The molecular formula is C24H35ClO2. The molecule has 1 spiro atoms. The number of ether oxygens (including phenoxy) is 1. The fraction of sp³-hybridized carbons (Fsp3) is 0.833. The molecule has 0 aromatic carbocycles. The maximum absolute atomic E-state index is 12.8. The van der Waals surface area contributed by atoms with E-state index in [1.165, 1.54) is 37.7 Å². The van der Waals surface area contributed by atoms with Crippen LogP contribution in [0.3, 0.4) is 0 Å². The van der Waals surface area contributed by atoms with E-state index in [0.717, 1.165) is 30.7 Å². The van der Waals surface area contributed by atoms with Gasteiger partial charge in [-0.05, 0) is 98.9 Å². The van der Waals surface area contributed by atoms with Crippen LogP contribution in [0.5, 0.6) is 0 Å². The van der Waals surface area contributed by atoms with E-state index in [4.69, 9.17) is 16.3 Å². The van der Waals surface area contributed by atoms with Crippen LogP contribution in [0.2, 0.25) is 0 Å². The number of esters is 1. The van der Waals surface area contributed by atoms with Gasteiger partial charge < -0.3 is 4.74 Å². The van der Waals surface area contributed by atoms with Gasteiger partial charge in [0.25, 0.3) is 0 Å². The zero-order valence-electron chi connectivity index (χ0n) is 17.7. The van der Waals surface area contributed by atoms with Crippen molar-refractivity contribution in [3.05, 3.63) is 16.3 Å². The number of rotatable bonds is 1. The van der Waals surface area contributed by atoms with Gasteiger partial charge in [-0.25, -0.2) is 0 Å². The lowest BCUT2D eigenvalue weighted by atomic mass is 9.40. The smallest absolute Gasteiger partial charge is 0.311 e. The van der Waals surface area contributed by atoms with Crippen molar-refractivity contribution < 1.29 is 9.53 Å². The van der Waals surface area contributed by atoms with Gasteiger partial charge in [0, 0.05) is 0 Å². The lowest BCUT2D eigenvalue weighted by Gasteiger charge is -2.64. The van der Waals surface area contributed by atoms with Crippen LogP contribution >= 0.6 is 11.6 Å². The van der Waals surface area contributed by atoms with E-state index < -0.39 is 0 Å². The molecule has 4 aliphatic rings. The standard InChI is InChI=1S/C24H35ClO2/c1-16(25)13-17-14-24-12-8-18-22(3,19(24)7-11-21(17,2)15-24)9-6-10-23(18,4)20(26)27-5/h18-19H,6-12,14-15H2,1-5H3/t13?,18-,19-,21-,22+,23+,24-/m0/s1. The van der Waals surface area contributed by atoms with Crippen molar-refractivity contribution >= 4 is 17.6 Å². The molecule has 4 fully saturated rings. The monoisotopic (exact) mass is 390 g/mol. The lowest BCUT2D eigenvalue weighted by molar-refractivity contribution is -0.185. The fourth-order valence-corrected chi connectivity index (χ4v) is 8.55. The summed E-state index contributed by atoms with van der Waals surface area (Å²) >= 11 is 6.24. The third-order valence-electron chi connectivity index (χ3n) is 9.40. The predicted molar refractivity (Wildman–Crippen MR) is 109 cm³/mol. The van der Waals surface area contributed by atoms with Crippen LogP contribution in [-0.4, -0.2) is 13.1 Å². The Morgan fingerprint density at radius 1 is 1.11 bits per heavy atom. The summed E-state index contributed by atoms with van der Waals surface area (Å²) in [5.41, 5.74) is 5.60. The fourth-order valence-electron chi connectivity index (χ4n) is 8.44. The zero-order chi connectivity index (χ0) is 19.7. The summed E-state index contributed by atoms with van der Waals surface area (Å²) in [6.07, 6.45) is 10.8. The van der Waals surface area contributed by atoms with E-state index in [1.54, 1.807) is 7.11 Å². The second-order valence-electron chi connectivity index (χ2n) is 10.9. The Balaban J connectivity index is 1.75. The van der Waals surface area contributed by atoms with Crippen molar-refractivity contribution in [1.82, 2.24) is 0 Å². The second-order valence-corrected chi connectivity index (χ2v) is 11.4. The highest BCUT2D eigenvalue weighted by atomic mass is 35.5. The largest absolute Gasteiger partial charge is 0.469 e. The molecule has 0 unspecified atom stereocenters.